The SMILES string of the molecule is CC(C)NCc1ccc(OC2CCOC2)nn1. The highest BCUT2D eigenvalue weighted by Gasteiger charge is 2.17. The Kier molecular flexibility index (Phi) is 4.28. The Balaban J connectivity index is 1.84. The molecule has 5 nitrogen and oxygen atoms in total. The molecule has 0 spiro atoms. The predicted molar refractivity (Wildman–Crippen MR) is 63.9 cm³/mol. The molecule has 2 heterocycles. The molecule has 1 aliphatic heterocycles. The van der Waals surface area contributed by atoms with Crippen LogP contribution in [0.5, 0.6) is 5.88 Å². The van der Waals surface area contributed by atoms with Crippen LogP contribution in [-0.4, -0.2) is 35.6 Å². The molecule has 1 atom stereocenters. The number of aromatic nitrogens is 2. The van der Waals surface area contributed by atoms with Gasteiger partial charge in [-0.3, -0.25) is 0 Å². The largest absolute Gasteiger partial charge is 0.471 e. The first-order valence-electron chi connectivity index (χ1n) is 6.04. The highest BCUT2D eigenvalue weighted by molar-refractivity contribution is 5.11. The Hall–Kier alpha value is -1.20. The van der Waals surface area contributed by atoms with Crippen molar-refractivity contribution in [3.8, 4) is 5.88 Å². The fourth-order valence-electron chi connectivity index (χ4n) is 1.59. The number of ether oxygens (including phenoxy) is 2. The van der Waals surface area contributed by atoms with E-state index in [-0.39, 0.29) is 6.10 Å². The van der Waals surface area contributed by atoms with Gasteiger partial charge in [-0.25, -0.2) is 0 Å². The molecular formula is C12H19N3O2. The number of hydrogen-bond acceptors (Lipinski definition) is 5. The minimum Gasteiger partial charge on any atom is -0.471 e. The highest BCUT2D eigenvalue weighted by Crippen LogP contribution is 2.13. The van der Waals surface area contributed by atoms with Gasteiger partial charge in [0.2, 0.25) is 5.88 Å². The highest BCUT2D eigenvalue weighted by atomic mass is 16.5. The molecule has 1 saturated heterocycles. The number of rotatable bonds is 5. The number of nitrogens with one attached hydrogen (secondary N) is 1. The molecule has 1 unspecified atom stereocenters. The van der Waals surface area contributed by atoms with Crippen LogP contribution in [0.1, 0.15) is 26.0 Å². The van der Waals surface area contributed by atoms with Gasteiger partial charge in [-0.05, 0) is 6.07 Å². The first-order chi connectivity index (χ1) is 8.24. The second-order valence-corrected chi connectivity index (χ2v) is 4.50. The summed E-state index contributed by atoms with van der Waals surface area (Å²) in [6.07, 6.45) is 1.06. The van der Waals surface area contributed by atoms with Crippen LogP contribution >= 0.6 is 0 Å². The maximum atomic E-state index is 5.64. The van der Waals surface area contributed by atoms with Gasteiger partial charge in [0.1, 0.15) is 6.10 Å². The zero-order valence-corrected chi connectivity index (χ0v) is 10.3. The monoisotopic (exact) mass is 237 g/mol. The Morgan fingerprint density at radius 2 is 2.35 bits per heavy atom. The Labute approximate surface area is 102 Å². The molecule has 17 heavy (non-hydrogen) atoms. The molecule has 0 aromatic carbocycles. The third-order valence-corrected chi connectivity index (χ3v) is 2.56. The first kappa shape index (κ1) is 12.3. The van der Waals surface area contributed by atoms with E-state index in [1.165, 1.54) is 0 Å². The molecule has 1 aromatic heterocycles. The van der Waals surface area contributed by atoms with Gasteiger partial charge in [-0.2, -0.15) is 5.10 Å². The van der Waals surface area contributed by atoms with E-state index in [9.17, 15) is 0 Å². The maximum Gasteiger partial charge on any atom is 0.233 e. The Morgan fingerprint density at radius 1 is 1.47 bits per heavy atom. The summed E-state index contributed by atoms with van der Waals surface area (Å²) in [6, 6.07) is 4.25. The molecule has 5 heteroatoms. The topological polar surface area (TPSA) is 56.3 Å². The van der Waals surface area contributed by atoms with Crippen LogP contribution in [0.15, 0.2) is 12.1 Å². The molecule has 1 aliphatic rings. The Morgan fingerprint density at radius 3 is 2.94 bits per heavy atom. The maximum absolute atomic E-state index is 5.64. The third kappa shape index (κ3) is 3.94. The fourth-order valence-corrected chi connectivity index (χ4v) is 1.59. The van der Waals surface area contributed by atoms with E-state index in [0.29, 0.717) is 18.5 Å². The minimum atomic E-state index is 0.129. The predicted octanol–water partition coefficient (Wildman–Crippen LogP) is 1.14. The van der Waals surface area contributed by atoms with Crippen molar-refractivity contribution in [1.29, 1.82) is 0 Å². The average molecular weight is 237 g/mol. The summed E-state index contributed by atoms with van der Waals surface area (Å²) < 4.78 is 10.9. The average Bonchev–Trinajstić information content (AvgIpc) is 2.81. The lowest BCUT2D eigenvalue weighted by molar-refractivity contribution is 0.137. The number of nitrogens with zero attached hydrogens (tertiary/aromatic N) is 2. The van der Waals surface area contributed by atoms with Crippen molar-refractivity contribution in [3.05, 3.63) is 17.8 Å². The zero-order chi connectivity index (χ0) is 12.1. The normalized spacial score (nSPS) is 19.8. The van der Waals surface area contributed by atoms with Gasteiger partial charge < -0.3 is 14.8 Å². The zero-order valence-electron chi connectivity index (χ0n) is 10.3. The van der Waals surface area contributed by atoms with Gasteiger partial charge in [-0.1, -0.05) is 13.8 Å². The van der Waals surface area contributed by atoms with Gasteiger partial charge in [0.25, 0.3) is 0 Å². The summed E-state index contributed by atoms with van der Waals surface area (Å²) in [5.74, 6) is 0.578. The van der Waals surface area contributed by atoms with Crippen LogP contribution in [0.25, 0.3) is 0 Å². The van der Waals surface area contributed by atoms with E-state index in [1.807, 2.05) is 12.1 Å². The molecule has 1 fully saturated rings. The van der Waals surface area contributed by atoms with E-state index < -0.39 is 0 Å². The second-order valence-electron chi connectivity index (χ2n) is 4.50. The standard InChI is InChI=1S/C12H19N3O2/c1-9(2)13-7-10-3-4-12(15-14-10)17-11-5-6-16-8-11/h3-4,9,11,13H,5-8H2,1-2H3. The van der Waals surface area contributed by atoms with Crippen LogP contribution in [0.2, 0.25) is 0 Å². The van der Waals surface area contributed by atoms with E-state index in [0.717, 1.165) is 25.3 Å². The lowest BCUT2D eigenvalue weighted by Gasteiger charge is -2.10. The van der Waals surface area contributed by atoms with Crippen molar-refractivity contribution in [2.24, 2.45) is 0 Å². The lowest BCUT2D eigenvalue weighted by Crippen LogP contribution is -2.22. The Bertz CT molecular complexity index is 334. The minimum absolute atomic E-state index is 0.129. The van der Waals surface area contributed by atoms with Crippen LogP contribution in [0, 0.1) is 0 Å². The fraction of sp³-hybridized carbons (Fsp3) is 0.667. The van der Waals surface area contributed by atoms with E-state index >= 15 is 0 Å². The summed E-state index contributed by atoms with van der Waals surface area (Å²) in [4.78, 5) is 0. The summed E-state index contributed by atoms with van der Waals surface area (Å²) >= 11 is 0. The van der Waals surface area contributed by atoms with Crippen molar-refractivity contribution in [3.63, 3.8) is 0 Å². The third-order valence-electron chi connectivity index (χ3n) is 2.56. The summed E-state index contributed by atoms with van der Waals surface area (Å²) in [6.45, 7) is 6.36. The molecule has 2 rings (SSSR count). The molecule has 0 saturated carbocycles. The molecule has 1 N–H and O–H groups in total. The van der Waals surface area contributed by atoms with Crippen LogP contribution in [-0.2, 0) is 11.3 Å². The van der Waals surface area contributed by atoms with E-state index in [2.05, 4.69) is 29.4 Å². The summed E-state index contributed by atoms with van der Waals surface area (Å²) in [5, 5.41) is 11.5. The van der Waals surface area contributed by atoms with E-state index in [1.54, 1.807) is 0 Å². The van der Waals surface area contributed by atoms with Crippen molar-refractivity contribution < 1.29 is 9.47 Å². The number of hydrogen-bond donors (Lipinski definition) is 1. The van der Waals surface area contributed by atoms with Crippen LogP contribution < -0.4 is 10.1 Å². The molecular weight excluding hydrogens is 218 g/mol. The van der Waals surface area contributed by atoms with Crippen LogP contribution in [0.3, 0.4) is 0 Å². The van der Waals surface area contributed by atoms with Gasteiger partial charge >= 0.3 is 0 Å². The smallest absolute Gasteiger partial charge is 0.233 e. The van der Waals surface area contributed by atoms with Gasteiger partial charge in [-0.15, -0.1) is 5.10 Å². The van der Waals surface area contributed by atoms with Crippen molar-refractivity contribution in [1.82, 2.24) is 15.5 Å². The quantitative estimate of drug-likeness (QED) is 0.832. The first-order valence-corrected chi connectivity index (χ1v) is 6.04. The van der Waals surface area contributed by atoms with Crippen LogP contribution in [0.4, 0.5) is 0 Å². The van der Waals surface area contributed by atoms with Crippen molar-refractivity contribution in [2.75, 3.05) is 13.2 Å². The molecule has 0 bridgehead atoms. The molecule has 0 aliphatic carbocycles. The second kappa shape index (κ2) is 5.93. The van der Waals surface area contributed by atoms with Crippen molar-refractivity contribution >= 4 is 0 Å². The van der Waals surface area contributed by atoms with E-state index in [4.69, 9.17) is 9.47 Å². The summed E-state index contributed by atoms with van der Waals surface area (Å²) in [5.41, 5.74) is 0.925. The molecule has 94 valence electrons. The summed E-state index contributed by atoms with van der Waals surface area (Å²) in [7, 11) is 0. The van der Waals surface area contributed by atoms with Gasteiger partial charge in [0.15, 0.2) is 0 Å². The van der Waals surface area contributed by atoms with Crippen molar-refractivity contribution in [2.45, 2.75) is 39.0 Å². The molecule has 0 radical (unpaired) electrons. The molecule has 0 amide bonds. The van der Waals surface area contributed by atoms with Gasteiger partial charge in [0, 0.05) is 25.1 Å². The lowest BCUT2D eigenvalue weighted by atomic mass is 10.3. The molecule has 1 aromatic rings. The van der Waals surface area contributed by atoms with Gasteiger partial charge in [0.05, 0.1) is 18.9 Å².